The molecule has 2 rings (SSSR count). The van der Waals surface area contributed by atoms with Gasteiger partial charge >= 0.3 is 0 Å². The summed E-state index contributed by atoms with van der Waals surface area (Å²) in [7, 11) is 0. The maximum absolute atomic E-state index is 13.2. The van der Waals surface area contributed by atoms with E-state index in [2.05, 4.69) is 15.9 Å². The van der Waals surface area contributed by atoms with E-state index in [0.717, 1.165) is 12.0 Å². The van der Waals surface area contributed by atoms with Crippen LogP contribution in [0.2, 0.25) is 0 Å². The fourth-order valence-corrected chi connectivity index (χ4v) is 2.91. The SMILES string of the molecule is NC1CCC(O)(Cc2cc(F)cc(Br)c2)C1. The molecule has 1 aliphatic rings. The van der Waals surface area contributed by atoms with Crippen LogP contribution in [0.4, 0.5) is 4.39 Å². The van der Waals surface area contributed by atoms with Crippen LogP contribution in [0.1, 0.15) is 24.8 Å². The number of aliphatic hydroxyl groups is 1. The van der Waals surface area contributed by atoms with Gasteiger partial charge in [0.1, 0.15) is 5.82 Å². The molecule has 0 radical (unpaired) electrons. The molecule has 4 heteroatoms. The number of nitrogens with two attached hydrogens (primary N) is 1. The quantitative estimate of drug-likeness (QED) is 0.877. The smallest absolute Gasteiger partial charge is 0.124 e. The van der Waals surface area contributed by atoms with E-state index in [1.54, 1.807) is 0 Å². The minimum atomic E-state index is -0.757. The average molecular weight is 288 g/mol. The highest BCUT2D eigenvalue weighted by molar-refractivity contribution is 9.10. The minimum absolute atomic E-state index is 0.0713. The zero-order valence-corrected chi connectivity index (χ0v) is 10.5. The van der Waals surface area contributed by atoms with Gasteiger partial charge in [0, 0.05) is 16.9 Å². The van der Waals surface area contributed by atoms with Gasteiger partial charge in [-0.15, -0.1) is 0 Å². The van der Waals surface area contributed by atoms with Crippen molar-refractivity contribution in [2.75, 3.05) is 0 Å². The van der Waals surface area contributed by atoms with E-state index in [9.17, 15) is 9.50 Å². The second-order valence-corrected chi connectivity index (χ2v) is 5.60. The molecule has 0 saturated heterocycles. The molecule has 1 aromatic carbocycles. The summed E-state index contributed by atoms with van der Waals surface area (Å²) < 4.78 is 13.9. The molecule has 0 spiro atoms. The van der Waals surface area contributed by atoms with Crippen molar-refractivity contribution in [3.05, 3.63) is 34.1 Å². The molecule has 1 saturated carbocycles. The molecule has 0 heterocycles. The molecule has 2 unspecified atom stereocenters. The summed E-state index contributed by atoms with van der Waals surface area (Å²) in [5, 5.41) is 10.3. The first-order chi connectivity index (χ1) is 7.47. The van der Waals surface area contributed by atoms with Crippen LogP contribution in [0.3, 0.4) is 0 Å². The lowest BCUT2D eigenvalue weighted by Gasteiger charge is -2.22. The third-order valence-corrected chi connectivity index (χ3v) is 3.54. The van der Waals surface area contributed by atoms with Crippen molar-refractivity contribution in [1.82, 2.24) is 0 Å². The summed E-state index contributed by atoms with van der Waals surface area (Å²) in [4.78, 5) is 0. The average Bonchev–Trinajstić information content (AvgIpc) is 2.43. The number of hydrogen-bond acceptors (Lipinski definition) is 2. The van der Waals surface area contributed by atoms with Crippen molar-refractivity contribution in [3.8, 4) is 0 Å². The maximum atomic E-state index is 13.2. The van der Waals surface area contributed by atoms with Crippen molar-refractivity contribution in [3.63, 3.8) is 0 Å². The molecule has 0 aromatic heterocycles. The number of benzene rings is 1. The van der Waals surface area contributed by atoms with Crippen LogP contribution >= 0.6 is 15.9 Å². The first-order valence-corrected chi connectivity index (χ1v) is 6.19. The summed E-state index contributed by atoms with van der Waals surface area (Å²) >= 11 is 3.25. The fraction of sp³-hybridized carbons (Fsp3) is 0.500. The molecule has 2 nitrogen and oxygen atoms in total. The predicted octanol–water partition coefficient (Wildman–Crippen LogP) is 2.37. The summed E-state index contributed by atoms with van der Waals surface area (Å²) in [6.07, 6.45) is 2.60. The van der Waals surface area contributed by atoms with Gasteiger partial charge in [-0.2, -0.15) is 0 Å². The van der Waals surface area contributed by atoms with E-state index in [1.807, 2.05) is 6.07 Å². The molecule has 1 aliphatic carbocycles. The van der Waals surface area contributed by atoms with E-state index in [0.29, 0.717) is 23.7 Å². The van der Waals surface area contributed by atoms with Gasteiger partial charge in [0.25, 0.3) is 0 Å². The maximum Gasteiger partial charge on any atom is 0.124 e. The minimum Gasteiger partial charge on any atom is -0.389 e. The van der Waals surface area contributed by atoms with E-state index >= 15 is 0 Å². The van der Waals surface area contributed by atoms with Crippen LogP contribution in [0, 0.1) is 5.82 Å². The predicted molar refractivity (Wildman–Crippen MR) is 64.6 cm³/mol. The Bertz CT molecular complexity index is 378. The van der Waals surface area contributed by atoms with Crippen LogP contribution in [0.15, 0.2) is 22.7 Å². The van der Waals surface area contributed by atoms with Crippen molar-refractivity contribution < 1.29 is 9.50 Å². The topological polar surface area (TPSA) is 46.2 Å². The highest BCUT2D eigenvalue weighted by atomic mass is 79.9. The van der Waals surface area contributed by atoms with Crippen molar-refractivity contribution in [1.29, 1.82) is 0 Å². The van der Waals surface area contributed by atoms with E-state index in [4.69, 9.17) is 5.73 Å². The molecule has 88 valence electrons. The highest BCUT2D eigenvalue weighted by Crippen LogP contribution is 2.32. The Morgan fingerprint density at radius 2 is 2.25 bits per heavy atom. The largest absolute Gasteiger partial charge is 0.389 e. The van der Waals surface area contributed by atoms with Gasteiger partial charge in [-0.3, -0.25) is 0 Å². The molecule has 1 aromatic rings. The van der Waals surface area contributed by atoms with Gasteiger partial charge in [-0.05, 0) is 43.0 Å². The second-order valence-electron chi connectivity index (χ2n) is 4.68. The Hall–Kier alpha value is -0.450. The van der Waals surface area contributed by atoms with Crippen LogP contribution in [-0.2, 0) is 6.42 Å². The Labute approximate surface area is 103 Å². The van der Waals surface area contributed by atoms with Crippen LogP contribution < -0.4 is 5.73 Å². The molecule has 2 atom stereocenters. The van der Waals surface area contributed by atoms with Crippen molar-refractivity contribution in [2.24, 2.45) is 5.73 Å². The monoisotopic (exact) mass is 287 g/mol. The normalized spacial score (nSPS) is 29.6. The summed E-state index contributed by atoms with van der Waals surface area (Å²) in [6, 6.07) is 4.78. The molecule has 3 N–H and O–H groups in total. The Morgan fingerprint density at radius 1 is 1.50 bits per heavy atom. The third-order valence-electron chi connectivity index (χ3n) is 3.08. The second kappa shape index (κ2) is 4.43. The van der Waals surface area contributed by atoms with Crippen LogP contribution in [0.25, 0.3) is 0 Å². The van der Waals surface area contributed by atoms with Gasteiger partial charge in [0.2, 0.25) is 0 Å². The first kappa shape index (κ1) is 12.0. The lowest BCUT2D eigenvalue weighted by molar-refractivity contribution is 0.0468. The number of halogens is 2. The van der Waals surface area contributed by atoms with Gasteiger partial charge in [-0.1, -0.05) is 15.9 Å². The molecule has 0 amide bonds. The Kier molecular flexibility index (Phi) is 3.33. The molecule has 0 aliphatic heterocycles. The lowest BCUT2D eigenvalue weighted by atomic mass is 9.93. The first-order valence-electron chi connectivity index (χ1n) is 5.40. The van der Waals surface area contributed by atoms with E-state index < -0.39 is 5.60 Å². The van der Waals surface area contributed by atoms with E-state index in [-0.39, 0.29) is 11.9 Å². The summed E-state index contributed by atoms with van der Waals surface area (Å²) in [5.41, 5.74) is 5.83. The van der Waals surface area contributed by atoms with Crippen molar-refractivity contribution >= 4 is 15.9 Å². The number of hydrogen-bond donors (Lipinski definition) is 2. The third kappa shape index (κ3) is 2.81. The standard InChI is InChI=1S/C12H15BrFNO/c13-9-3-8(4-10(14)5-9)6-12(16)2-1-11(15)7-12/h3-5,11,16H,1-2,6-7,15H2. The molecule has 1 fully saturated rings. The Morgan fingerprint density at radius 3 is 2.81 bits per heavy atom. The van der Waals surface area contributed by atoms with E-state index in [1.165, 1.54) is 12.1 Å². The van der Waals surface area contributed by atoms with Crippen LogP contribution in [-0.4, -0.2) is 16.7 Å². The highest BCUT2D eigenvalue weighted by Gasteiger charge is 2.35. The Balaban J connectivity index is 2.14. The summed E-state index contributed by atoms with van der Waals surface area (Å²) in [5.74, 6) is -0.282. The van der Waals surface area contributed by atoms with Gasteiger partial charge in [0.15, 0.2) is 0 Å². The molecule has 0 bridgehead atoms. The van der Waals surface area contributed by atoms with Crippen LogP contribution in [0.5, 0.6) is 0 Å². The summed E-state index contributed by atoms with van der Waals surface area (Å²) in [6.45, 7) is 0. The van der Waals surface area contributed by atoms with Gasteiger partial charge in [0.05, 0.1) is 5.60 Å². The molecule has 16 heavy (non-hydrogen) atoms. The van der Waals surface area contributed by atoms with Gasteiger partial charge in [-0.25, -0.2) is 4.39 Å². The van der Waals surface area contributed by atoms with Crippen molar-refractivity contribution in [2.45, 2.75) is 37.3 Å². The molecular formula is C12H15BrFNO. The number of rotatable bonds is 2. The molecular weight excluding hydrogens is 273 g/mol. The zero-order chi connectivity index (χ0) is 11.8. The fourth-order valence-electron chi connectivity index (χ4n) is 2.40. The van der Waals surface area contributed by atoms with Gasteiger partial charge < -0.3 is 10.8 Å². The zero-order valence-electron chi connectivity index (χ0n) is 8.92. The lowest BCUT2D eigenvalue weighted by Crippen LogP contribution is -2.30.